The number of anilines is 2. The van der Waals surface area contributed by atoms with Gasteiger partial charge < -0.3 is 9.80 Å². The van der Waals surface area contributed by atoms with Gasteiger partial charge in [-0.05, 0) is 38.3 Å². The third-order valence-corrected chi connectivity index (χ3v) is 5.17. The molecule has 0 bridgehead atoms. The van der Waals surface area contributed by atoms with Gasteiger partial charge in [-0.3, -0.25) is 9.97 Å². The van der Waals surface area contributed by atoms with E-state index in [9.17, 15) is 0 Å². The van der Waals surface area contributed by atoms with Crippen LogP contribution in [0.4, 0.5) is 11.5 Å². The molecule has 8 heteroatoms. The van der Waals surface area contributed by atoms with Crippen LogP contribution in [0.2, 0.25) is 0 Å². The molecule has 1 atom stereocenters. The topological polar surface area (TPSA) is 75.9 Å². The highest BCUT2D eigenvalue weighted by Crippen LogP contribution is 2.23. The zero-order valence-corrected chi connectivity index (χ0v) is 16.7. The maximum absolute atomic E-state index is 4.68. The number of hydrogen-bond acceptors (Lipinski definition) is 7. The molecular formula is C20H26N8. The predicted molar refractivity (Wildman–Crippen MR) is 109 cm³/mol. The van der Waals surface area contributed by atoms with Gasteiger partial charge in [-0.15, -0.1) is 5.10 Å². The Labute approximate surface area is 165 Å². The summed E-state index contributed by atoms with van der Waals surface area (Å²) in [6.45, 7) is 4.31. The van der Waals surface area contributed by atoms with Crippen LogP contribution in [0.5, 0.6) is 0 Å². The van der Waals surface area contributed by atoms with Gasteiger partial charge in [-0.25, -0.2) is 9.67 Å². The highest BCUT2D eigenvalue weighted by molar-refractivity contribution is 5.54. The van der Waals surface area contributed by atoms with Crippen molar-refractivity contribution in [2.75, 3.05) is 37.0 Å². The molecule has 28 heavy (non-hydrogen) atoms. The van der Waals surface area contributed by atoms with Gasteiger partial charge in [0.05, 0.1) is 42.2 Å². The van der Waals surface area contributed by atoms with Crippen LogP contribution in [-0.4, -0.2) is 57.1 Å². The summed E-state index contributed by atoms with van der Waals surface area (Å²) in [6.07, 6.45) is 11.2. The van der Waals surface area contributed by atoms with Crippen molar-refractivity contribution in [1.82, 2.24) is 29.9 Å². The van der Waals surface area contributed by atoms with E-state index < -0.39 is 0 Å². The van der Waals surface area contributed by atoms with Crippen LogP contribution >= 0.6 is 0 Å². The minimum absolute atomic E-state index is 0.0124. The van der Waals surface area contributed by atoms with Crippen LogP contribution in [0.15, 0.2) is 36.9 Å². The van der Waals surface area contributed by atoms with Gasteiger partial charge in [0.1, 0.15) is 17.2 Å². The van der Waals surface area contributed by atoms with Gasteiger partial charge in [-0.1, -0.05) is 5.21 Å². The Kier molecular flexibility index (Phi) is 5.18. The predicted octanol–water partition coefficient (Wildman–Crippen LogP) is 2.80. The summed E-state index contributed by atoms with van der Waals surface area (Å²) in [5, 5.41) is 8.57. The smallest absolute Gasteiger partial charge is 0.147 e. The second-order valence-corrected chi connectivity index (χ2v) is 7.41. The van der Waals surface area contributed by atoms with Crippen molar-refractivity contribution in [2.45, 2.75) is 32.2 Å². The van der Waals surface area contributed by atoms with Crippen LogP contribution < -0.4 is 9.80 Å². The maximum Gasteiger partial charge on any atom is 0.147 e. The Balaban J connectivity index is 1.51. The van der Waals surface area contributed by atoms with E-state index >= 15 is 0 Å². The van der Waals surface area contributed by atoms with E-state index in [2.05, 4.69) is 49.2 Å². The Morgan fingerprint density at radius 1 is 1.00 bits per heavy atom. The normalized spacial score (nSPS) is 15.5. The van der Waals surface area contributed by atoms with Crippen molar-refractivity contribution < 1.29 is 0 Å². The molecule has 3 aromatic heterocycles. The van der Waals surface area contributed by atoms with Crippen LogP contribution in [0, 0.1) is 0 Å². The molecule has 146 valence electrons. The van der Waals surface area contributed by atoms with Gasteiger partial charge in [-0.2, -0.15) is 0 Å². The number of hydrogen-bond donors (Lipinski definition) is 0. The number of piperidine rings is 1. The Hall–Kier alpha value is -3.03. The fraction of sp³-hybridized carbons (Fsp3) is 0.450. The monoisotopic (exact) mass is 378 g/mol. The summed E-state index contributed by atoms with van der Waals surface area (Å²) < 4.78 is 1.82. The van der Waals surface area contributed by atoms with Crippen molar-refractivity contribution in [3.63, 3.8) is 0 Å². The molecule has 0 radical (unpaired) electrons. The summed E-state index contributed by atoms with van der Waals surface area (Å²) in [7, 11) is 3.87. The molecule has 1 fully saturated rings. The van der Waals surface area contributed by atoms with Crippen LogP contribution in [0.3, 0.4) is 0 Å². The van der Waals surface area contributed by atoms with E-state index in [1.807, 2.05) is 36.1 Å². The third-order valence-electron chi connectivity index (χ3n) is 5.17. The minimum atomic E-state index is -0.0124. The molecule has 8 nitrogen and oxygen atoms in total. The first-order chi connectivity index (χ1) is 13.6. The lowest BCUT2D eigenvalue weighted by Crippen LogP contribution is -2.29. The number of nitrogens with zero attached hydrogens (tertiary/aromatic N) is 8. The molecule has 0 amide bonds. The molecule has 0 N–H and O–H groups in total. The molecule has 0 aromatic carbocycles. The lowest BCUT2D eigenvalue weighted by atomic mass is 10.1. The van der Waals surface area contributed by atoms with Crippen LogP contribution in [-0.2, 0) is 0 Å². The molecular weight excluding hydrogens is 352 g/mol. The van der Waals surface area contributed by atoms with E-state index in [4.69, 9.17) is 0 Å². The lowest BCUT2D eigenvalue weighted by Gasteiger charge is -2.28. The summed E-state index contributed by atoms with van der Waals surface area (Å²) in [6, 6.07) is 4.23. The molecule has 0 saturated carbocycles. The fourth-order valence-electron chi connectivity index (χ4n) is 3.40. The van der Waals surface area contributed by atoms with Crippen molar-refractivity contribution in [3.8, 4) is 11.4 Å². The Morgan fingerprint density at radius 3 is 2.54 bits per heavy atom. The van der Waals surface area contributed by atoms with Crippen molar-refractivity contribution in [2.24, 2.45) is 0 Å². The van der Waals surface area contributed by atoms with Crippen molar-refractivity contribution in [1.29, 1.82) is 0 Å². The summed E-state index contributed by atoms with van der Waals surface area (Å²) >= 11 is 0. The van der Waals surface area contributed by atoms with Crippen LogP contribution in [0.1, 0.15) is 37.9 Å². The lowest BCUT2D eigenvalue weighted by molar-refractivity contribution is 0.531. The van der Waals surface area contributed by atoms with Crippen LogP contribution in [0.25, 0.3) is 11.4 Å². The third kappa shape index (κ3) is 3.81. The molecule has 1 unspecified atom stereocenters. The molecule has 4 rings (SSSR count). The highest BCUT2D eigenvalue weighted by Gasteiger charge is 2.16. The van der Waals surface area contributed by atoms with Crippen molar-refractivity contribution in [3.05, 3.63) is 42.6 Å². The maximum atomic E-state index is 4.68. The Bertz CT molecular complexity index is 912. The molecule has 1 aliphatic rings. The number of aromatic nitrogens is 6. The first-order valence-electron chi connectivity index (χ1n) is 9.74. The molecule has 0 spiro atoms. The minimum Gasteiger partial charge on any atom is -0.370 e. The van der Waals surface area contributed by atoms with E-state index in [0.29, 0.717) is 11.4 Å². The van der Waals surface area contributed by atoms with Crippen molar-refractivity contribution >= 4 is 11.5 Å². The van der Waals surface area contributed by atoms with Gasteiger partial charge in [0.2, 0.25) is 0 Å². The average molecular weight is 378 g/mol. The van der Waals surface area contributed by atoms with E-state index in [0.717, 1.165) is 24.6 Å². The molecule has 0 aliphatic carbocycles. The number of pyridine rings is 1. The van der Waals surface area contributed by atoms with Gasteiger partial charge in [0.25, 0.3) is 0 Å². The molecule has 1 aliphatic heterocycles. The average Bonchev–Trinajstić information content (AvgIpc) is 3.24. The zero-order valence-electron chi connectivity index (χ0n) is 16.7. The fourth-order valence-corrected chi connectivity index (χ4v) is 3.40. The molecule has 3 aromatic rings. The molecule has 1 saturated heterocycles. The van der Waals surface area contributed by atoms with E-state index in [-0.39, 0.29) is 6.04 Å². The quantitative estimate of drug-likeness (QED) is 0.676. The van der Waals surface area contributed by atoms with E-state index in [1.54, 1.807) is 12.4 Å². The first-order valence-corrected chi connectivity index (χ1v) is 9.74. The standard InChI is InChI=1S/C20H26N8/c1-15(17-8-7-16(11-22-17)27-9-5-4-6-10-27)28-14-19(24-25-28)18-12-21-13-20(23-18)26(2)3/h7-8,11-15H,4-6,9-10H2,1-3H3. The van der Waals surface area contributed by atoms with E-state index in [1.165, 1.54) is 24.9 Å². The molecule has 4 heterocycles. The summed E-state index contributed by atoms with van der Waals surface area (Å²) in [5.41, 5.74) is 3.57. The summed E-state index contributed by atoms with van der Waals surface area (Å²) in [4.78, 5) is 17.8. The Morgan fingerprint density at radius 2 is 1.82 bits per heavy atom. The number of rotatable bonds is 5. The summed E-state index contributed by atoms with van der Waals surface area (Å²) in [5.74, 6) is 0.787. The highest BCUT2D eigenvalue weighted by atomic mass is 15.4. The first kappa shape index (κ1) is 18.3. The second-order valence-electron chi connectivity index (χ2n) is 7.41. The second kappa shape index (κ2) is 7.92. The van der Waals surface area contributed by atoms with Gasteiger partial charge in [0.15, 0.2) is 0 Å². The zero-order chi connectivity index (χ0) is 19.5. The van der Waals surface area contributed by atoms with Gasteiger partial charge in [0, 0.05) is 27.2 Å². The largest absolute Gasteiger partial charge is 0.370 e. The van der Waals surface area contributed by atoms with Gasteiger partial charge >= 0.3 is 0 Å². The SMILES string of the molecule is CC(c1ccc(N2CCCCC2)cn1)n1cc(-c2cncc(N(C)C)n2)nn1.